The molecule has 1 saturated carbocycles. The van der Waals surface area contributed by atoms with Gasteiger partial charge in [-0.05, 0) is 30.9 Å². The molecule has 2 heterocycles. The highest BCUT2D eigenvalue weighted by atomic mass is 32.1. The van der Waals surface area contributed by atoms with E-state index in [2.05, 4.69) is 9.97 Å². The van der Waals surface area contributed by atoms with Gasteiger partial charge >= 0.3 is 6.03 Å². The molecule has 18 heavy (non-hydrogen) atoms. The van der Waals surface area contributed by atoms with Crippen LogP contribution in [0.2, 0.25) is 0 Å². The van der Waals surface area contributed by atoms with Gasteiger partial charge in [0.15, 0.2) is 5.13 Å². The number of primary amides is 1. The normalized spacial score (nSPS) is 14.4. The van der Waals surface area contributed by atoms with E-state index < -0.39 is 6.03 Å². The molecule has 3 rings (SSSR count). The van der Waals surface area contributed by atoms with E-state index in [9.17, 15) is 4.79 Å². The van der Waals surface area contributed by atoms with E-state index in [0.717, 1.165) is 0 Å². The van der Waals surface area contributed by atoms with Crippen molar-refractivity contribution in [1.82, 2.24) is 9.97 Å². The number of nitrogens with two attached hydrogens (primary N) is 1. The summed E-state index contributed by atoms with van der Waals surface area (Å²) in [6.45, 7) is 0. The summed E-state index contributed by atoms with van der Waals surface area (Å²) in [4.78, 5) is 22.5. The fourth-order valence-electron chi connectivity index (χ4n) is 1.73. The molecule has 1 fully saturated rings. The first kappa shape index (κ1) is 11.2. The average molecular weight is 260 g/mol. The molecule has 1 aliphatic rings. The Hall–Kier alpha value is -1.95. The molecule has 2 N–H and O–H groups in total. The fourth-order valence-corrected chi connectivity index (χ4v) is 2.83. The summed E-state index contributed by atoms with van der Waals surface area (Å²) in [7, 11) is 0. The maximum absolute atomic E-state index is 11.6. The number of rotatable bonds is 3. The summed E-state index contributed by atoms with van der Waals surface area (Å²) in [5.41, 5.74) is 5.42. The van der Waals surface area contributed by atoms with Crippen molar-refractivity contribution in [3.8, 4) is 0 Å². The standard InChI is InChI=1S/C12H12N4OS/c13-11(17)16(10-3-1-2-6-14-10)12-15-7-9(18-12)8-4-5-8/h1-3,6-8H,4-5H2,(H2,13,17). The summed E-state index contributed by atoms with van der Waals surface area (Å²) in [6.07, 6.45) is 5.88. The number of hydrogen-bond acceptors (Lipinski definition) is 4. The molecule has 2 aromatic heterocycles. The van der Waals surface area contributed by atoms with Crippen molar-refractivity contribution in [3.05, 3.63) is 35.5 Å². The minimum atomic E-state index is -0.564. The number of urea groups is 1. The van der Waals surface area contributed by atoms with Crippen molar-refractivity contribution < 1.29 is 4.79 Å². The monoisotopic (exact) mass is 260 g/mol. The summed E-state index contributed by atoms with van der Waals surface area (Å²) >= 11 is 1.51. The molecule has 0 spiro atoms. The third-order valence-corrected chi connectivity index (χ3v) is 3.93. The summed E-state index contributed by atoms with van der Waals surface area (Å²) < 4.78 is 0. The van der Waals surface area contributed by atoms with Crippen molar-refractivity contribution in [1.29, 1.82) is 0 Å². The lowest BCUT2D eigenvalue weighted by atomic mass is 10.4. The molecule has 0 unspecified atom stereocenters. The van der Waals surface area contributed by atoms with E-state index in [1.165, 1.54) is 34.0 Å². The van der Waals surface area contributed by atoms with Crippen LogP contribution >= 0.6 is 11.3 Å². The van der Waals surface area contributed by atoms with E-state index in [1.54, 1.807) is 18.3 Å². The number of nitrogens with zero attached hydrogens (tertiary/aromatic N) is 3. The van der Waals surface area contributed by atoms with Crippen LogP contribution < -0.4 is 10.6 Å². The number of thiazole rings is 1. The van der Waals surface area contributed by atoms with E-state index in [1.807, 2.05) is 12.3 Å². The average Bonchev–Trinajstić information content (AvgIpc) is 3.11. The van der Waals surface area contributed by atoms with E-state index in [-0.39, 0.29) is 0 Å². The Balaban J connectivity index is 1.95. The highest BCUT2D eigenvalue weighted by Gasteiger charge is 2.28. The number of carbonyl (C=O) groups is 1. The van der Waals surface area contributed by atoms with Crippen molar-refractivity contribution in [2.24, 2.45) is 5.73 Å². The summed E-state index contributed by atoms with van der Waals surface area (Å²) in [6, 6.07) is 4.78. The number of aromatic nitrogens is 2. The number of anilines is 2. The first-order chi connectivity index (χ1) is 8.75. The molecule has 0 radical (unpaired) electrons. The predicted octanol–water partition coefficient (Wildman–Crippen LogP) is 2.63. The second-order valence-electron chi connectivity index (χ2n) is 4.18. The van der Waals surface area contributed by atoms with Gasteiger partial charge in [-0.25, -0.2) is 19.7 Å². The molecule has 0 aromatic carbocycles. The molecule has 2 aromatic rings. The second kappa shape index (κ2) is 4.38. The SMILES string of the molecule is NC(=O)N(c1ccccn1)c1ncc(C2CC2)s1. The Morgan fingerprint density at radius 2 is 2.22 bits per heavy atom. The van der Waals surface area contributed by atoms with Gasteiger partial charge in [0.05, 0.1) is 0 Å². The predicted molar refractivity (Wildman–Crippen MR) is 70.0 cm³/mol. The first-order valence-corrected chi connectivity index (χ1v) is 6.53. The highest BCUT2D eigenvalue weighted by molar-refractivity contribution is 7.16. The Bertz CT molecular complexity index is 564. The quantitative estimate of drug-likeness (QED) is 0.922. The number of pyridine rings is 1. The zero-order valence-electron chi connectivity index (χ0n) is 9.61. The second-order valence-corrected chi connectivity index (χ2v) is 5.22. The highest BCUT2D eigenvalue weighted by Crippen LogP contribution is 2.44. The zero-order chi connectivity index (χ0) is 12.5. The van der Waals surface area contributed by atoms with Gasteiger partial charge in [-0.3, -0.25) is 0 Å². The van der Waals surface area contributed by atoms with Crippen molar-refractivity contribution in [3.63, 3.8) is 0 Å². The third kappa shape index (κ3) is 2.06. The van der Waals surface area contributed by atoms with Gasteiger partial charge in [0.25, 0.3) is 0 Å². The van der Waals surface area contributed by atoms with Gasteiger partial charge in [0.1, 0.15) is 5.82 Å². The molecule has 92 valence electrons. The largest absolute Gasteiger partial charge is 0.351 e. The lowest BCUT2D eigenvalue weighted by molar-refractivity contribution is 0.256. The lowest BCUT2D eigenvalue weighted by Gasteiger charge is -2.15. The minimum Gasteiger partial charge on any atom is -0.351 e. The van der Waals surface area contributed by atoms with Crippen LogP contribution in [0.1, 0.15) is 23.6 Å². The molecule has 0 saturated heterocycles. The molecule has 0 atom stereocenters. The van der Waals surface area contributed by atoms with E-state index in [4.69, 9.17) is 5.73 Å². The van der Waals surface area contributed by atoms with Crippen LogP contribution in [-0.2, 0) is 0 Å². The number of amides is 2. The van der Waals surface area contributed by atoms with E-state index >= 15 is 0 Å². The van der Waals surface area contributed by atoms with Crippen LogP contribution in [-0.4, -0.2) is 16.0 Å². The molecule has 0 aliphatic heterocycles. The van der Waals surface area contributed by atoms with Crippen molar-refractivity contribution in [2.75, 3.05) is 4.90 Å². The number of carbonyl (C=O) groups excluding carboxylic acids is 1. The summed E-state index contributed by atoms with van der Waals surface area (Å²) in [5.74, 6) is 1.12. The molecule has 1 aliphatic carbocycles. The van der Waals surface area contributed by atoms with Crippen molar-refractivity contribution in [2.45, 2.75) is 18.8 Å². The van der Waals surface area contributed by atoms with Gasteiger partial charge in [-0.15, -0.1) is 11.3 Å². The van der Waals surface area contributed by atoms with Crippen LogP contribution in [0.3, 0.4) is 0 Å². The Labute approximate surface area is 108 Å². The van der Waals surface area contributed by atoms with Crippen molar-refractivity contribution >= 4 is 28.3 Å². The van der Waals surface area contributed by atoms with Gasteiger partial charge in [-0.2, -0.15) is 0 Å². The number of hydrogen-bond donors (Lipinski definition) is 1. The van der Waals surface area contributed by atoms with Gasteiger partial charge in [0.2, 0.25) is 0 Å². The van der Waals surface area contributed by atoms with Gasteiger partial charge in [-0.1, -0.05) is 6.07 Å². The third-order valence-electron chi connectivity index (χ3n) is 2.78. The molecule has 5 nitrogen and oxygen atoms in total. The minimum absolute atomic E-state index is 0.502. The molecular weight excluding hydrogens is 248 g/mol. The molecule has 0 bridgehead atoms. The van der Waals surface area contributed by atoms with Crippen LogP contribution in [0.15, 0.2) is 30.6 Å². The van der Waals surface area contributed by atoms with E-state index in [0.29, 0.717) is 16.9 Å². The maximum atomic E-state index is 11.6. The smallest absolute Gasteiger partial charge is 0.326 e. The van der Waals surface area contributed by atoms with Crippen LogP contribution in [0.25, 0.3) is 0 Å². The van der Waals surface area contributed by atoms with Gasteiger partial charge < -0.3 is 5.73 Å². The first-order valence-electron chi connectivity index (χ1n) is 5.72. The Morgan fingerprint density at radius 3 is 2.83 bits per heavy atom. The van der Waals surface area contributed by atoms with Gasteiger partial charge in [0, 0.05) is 17.3 Å². The van der Waals surface area contributed by atoms with Crippen LogP contribution in [0, 0.1) is 0 Å². The molecule has 6 heteroatoms. The lowest BCUT2D eigenvalue weighted by Crippen LogP contribution is -2.31. The van der Waals surface area contributed by atoms with Crippen LogP contribution in [0.4, 0.5) is 15.7 Å². The van der Waals surface area contributed by atoms with Crippen LogP contribution in [0.5, 0.6) is 0 Å². The Kier molecular flexibility index (Phi) is 2.71. The Morgan fingerprint density at radius 1 is 1.39 bits per heavy atom. The summed E-state index contributed by atoms with van der Waals surface area (Å²) in [5, 5.41) is 0.586. The fraction of sp³-hybridized carbons (Fsp3) is 0.250. The molecular formula is C12H12N4OS. The maximum Gasteiger partial charge on any atom is 0.326 e. The molecule has 2 amide bonds. The zero-order valence-corrected chi connectivity index (χ0v) is 10.4. The topological polar surface area (TPSA) is 72.1 Å².